The standard InChI is InChI=1S/C30H35F3N6OS/c1-2-3-6-13-37-29(41)38(19-24-7-4-5-8-27(24)30(31,32)33)20-25(16-35)28(40)14-26-17-36-21-39(26)18-23-11-9-22(15-34)10-12-23/h4-5,7-12,17,21,25H,2-3,6,13-14,16,18-20,35H2,1H3,(H,37,41)/t25-/m0/s1. The lowest BCUT2D eigenvalue weighted by atomic mass is 9.99. The Kier molecular flexibility index (Phi) is 11.9. The smallest absolute Gasteiger partial charge is 0.363 e. The van der Waals surface area contributed by atoms with Crippen LogP contribution >= 0.6 is 12.2 Å². The number of carbonyl (C=O) groups excluding carboxylic acids is 1. The summed E-state index contributed by atoms with van der Waals surface area (Å²) in [5.74, 6) is -0.821. The van der Waals surface area contributed by atoms with Crippen LogP contribution in [0.3, 0.4) is 0 Å². The number of nitrogens with two attached hydrogens (primary N) is 1. The molecule has 218 valence electrons. The fourth-order valence-corrected chi connectivity index (χ4v) is 4.70. The van der Waals surface area contributed by atoms with Gasteiger partial charge in [-0.2, -0.15) is 18.4 Å². The third-order valence-electron chi connectivity index (χ3n) is 6.80. The maximum absolute atomic E-state index is 13.7. The van der Waals surface area contributed by atoms with Crippen molar-refractivity contribution in [2.45, 2.75) is 51.9 Å². The predicted octanol–water partition coefficient (Wildman–Crippen LogP) is 5.08. The number of alkyl halides is 3. The number of benzene rings is 2. The molecular formula is C30H35F3N6OS. The normalized spacial score (nSPS) is 12.0. The van der Waals surface area contributed by atoms with E-state index in [9.17, 15) is 18.0 Å². The van der Waals surface area contributed by atoms with Crippen LogP contribution in [0.15, 0.2) is 61.1 Å². The highest BCUT2D eigenvalue weighted by Crippen LogP contribution is 2.32. The summed E-state index contributed by atoms with van der Waals surface area (Å²) in [4.78, 5) is 19.2. The van der Waals surface area contributed by atoms with Crippen LogP contribution < -0.4 is 11.1 Å². The minimum atomic E-state index is -4.52. The van der Waals surface area contributed by atoms with E-state index in [1.807, 2.05) is 16.7 Å². The van der Waals surface area contributed by atoms with Crippen LogP contribution in [0, 0.1) is 17.2 Å². The number of hydrogen-bond donors (Lipinski definition) is 2. The van der Waals surface area contributed by atoms with Crippen LogP contribution in [0.1, 0.15) is 54.1 Å². The van der Waals surface area contributed by atoms with Gasteiger partial charge in [0.2, 0.25) is 0 Å². The molecule has 41 heavy (non-hydrogen) atoms. The van der Waals surface area contributed by atoms with Crippen LogP contribution in [-0.4, -0.2) is 45.0 Å². The first-order chi connectivity index (χ1) is 19.7. The van der Waals surface area contributed by atoms with Gasteiger partial charge in [-0.3, -0.25) is 4.79 Å². The summed E-state index contributed by atoms with van der Waals surface area (Å²) in [7, 11) is 0. The van der Waals surface area contributed by atoms with Crippen LogP contribution in [0.5, 0.6) is 0 Å². The molecule has 0 bridgehead atoms. The summed E-state index contributed by atoms with van der Waals surface area (Å²) in [5.41, 5.74) is 7.56. The van der Waals surface area contributed by atoms with Gasteiger partial charge in [0.1, 0.15) is 5.78 Å². The van der Waals surface area contributed by atoms with E-state index in [1.165, 1.54) is 12.1 Å². The van der Waals surface area contributed by atoms with Crippen molar-refractivity contribution < 1.29 is 18.0 Å². The zero-order valence-corrected chi connectivity index (χ0v) is 23.8. The zero-order chi connectivity index (χ0) is 29.8. The molecule has 1 heterocycles. The number of nitrogens with zero attached hydrogens (tertiary/aromatic N) is 4. The van der Waals surface area contributed by atoms with Gasteiger partial charge in [0.05, 0.1) is 23.5 Å². The number of unbranched alkanes of at least 4 members (excludes halogenated alkanes) is 2. The Morgan fingerprint density at radius 1 is 1.20 bits per heavy atom. The van der Waals surface area contributed by atoms with Gasteiger partial charge in [-0.25, -0.2) is 4.98 Å². The Bertz CT molecular complexity index is 1330. The van der Waals surface area contributed by atoms with E-state index in [0.717, 1.165) is 30.9 Å². The molecule has 3 rings (SSSR count). The maximum Gasteiger partial charge on any atom is 0.416 e. The molecule has 0 fully saturated rings. The summed E-state index contributed by atoms with van der Waals surface area (Å²) in [6, 6.07) is 14.6. The van der Waals surface area contributed by atoms with Crippen molar-refractivity contribution in [3.63, 3.8) is 0 Å². The molecule has 1 atom stereocenters. The van der Waals surface area contributed by atoms with Crippen molar-refractivity contribution >= 4 is 23.1 Å². The van der Waals surface area contributed by atoms with Crippen LogP contribution in [0.4, 0.5) is 13.2 Å². The molecule has 3 aromatic rings. The highest BCUT2D eigenvalue weighted by atomic mass is 32.1. The van der Waals surface area contributed by atoms with Gasteiger partial charge in [0.15, 0.2) is 5.11 Å². The van der Waals surface area contributed by atoms with Gasteiger partial charge in [-0.1, -0.05) is 50.1 Å². The van der Waals surface area contributed by atoms with Crippen LogP contribution in [0.2, 0.25) is 0 Å². The van der Waals surface area contributed by atoms with Gasteiger partial charge >= 0.3 is 6.18 Å². The first kappa shape index (κ1) is 31.8. The first-order valence-electron chi connectivity index (χ1n) is 13.5. The molecule has 0 amide bonds. The Hall–Kier alpha value is -3.75. The summed E-state index contributed by atoms with van der Waals surface area (Å²) >= 11 is 5.59. The number of rotatable bonds is 14. The van der Waals surface area contributed by atoms with Crippen molar-refractivity contribution in [3.8, 4) is 6.07 Å². The average Bonchev–Trinajstić information content (AvgIpc) is 3.39. The number of nitriles is 1. The molecule has 1 aromatic heterocycles. The summed E-state index contributed by atoms with van der Waals surface area (Å²) in [6.07, 6.45) is 1.67. The number of nitrogens with one attached hydrogen (secondary N) is 1. The van der Waals surface area contributed by atoms with E-state index in [2.05, 4.69) is 23.3 Å². The second-order valence-corrected chi connectivity index (χ2v) is 10.3. The first-order valence-corrected chi connectivity index (χ1v) is 14.0. The van der Waals surface area contributed by atoms with E-state index in [4.69, 9.17) is 23.2 Å². The van der Waals surface area contributed by atoms with E-state index in [0.29, 0.717) is 24.3 Å². The monoisotopic (exact) mass is 584 g/mol. The molecule has 7 nitrogen and oxygen atoms in total. The van der Waals surface area contributed by atoms with Gasteiger partial charge in [-0.15, -0.1) is 0 Å². The molecule has 0 radical (unpaired) electrons. The molecule has 3 N–H and O–H groups in total. The molecule has 11 heteroatoms. The van der Waals surface area contributed by atoms with Crippen LogP contribution in [-0.2, 0) is 30.5 Å². The lowest BCUT2D eigenvalue weighted by Gasteiger charge is -2.30. The van der Waals surface area contributed by atoms with Gasteiger partial charge in [0.25, 0.3) is 0 Å². The molecule has 0 aliphatic carbocycles. The van der Waals surface area contributed by atoms with Crippen molar-refractivity contribution in [1.29, 1.82) is 5.26 Å². The molecule has 0 saturated heterocycles. The topological polar surface area (TPSA) is 100.0 Å². The van der Waals surface area contributed by atoms with E-state index >= 15 is 0 Å². The largest absolute Gasteiger partial charge is 0.416 e. The van der Waals surface area contributed by atoms with Crippen LogP contribution in [0.25, 0.3) is 0 Å². The highest BCUT2D eigenvalue weighted by molar-refractivity contribution is 7.80. The highest BCUT2D eigenvalue weighted by Gasteiger charge is 2.34. The van der Waals surface area contributed by atoms with E-state index < -0.39 is 17.7 Å². The number of carbonyl (C=O) groups is 1. The van der Waals surface area contributed by atoms with E-state index in [1.54, 1.807) is 35.6 Å². The lowest BCUT2D eigenvalue weighted by Crippen LogP contribution is -2.45. The van der Waals surface area contributed by atoms with Gasteiger partial charge < -0.3 is 20.5 Å². The molecule has 0 spiro atoms. The van der Waals surface area contributed by atoms with Crippen molar-refractivity contribution in [2.75, 3.05) is 19.6 Å². The third kappa shape index (κ3) is 9.40. The Morgan fingerprint density at radius 3 is 2.59 bits per heavy atom. The fraction of sp³-hybridized carbons (Fsp3) is 0.400. The SMILES string of the molecule is CCCCCNC(=S)N(Cc1ccccc1C(F)(F)F)C[C@H](CN)C(=O)Cc1cncn1Cc1ccc(C#N)cc1. The quantitative estimate of drug-likeness (QED) is 0.202. The number of hydrogen-bond acceptors (Lipinski definition) is 5. The number of imidazole rings is 1. The fourth-order valence-electron chi connectivity index (χ4n) is 4.46. The third-order valence-corrected chi connectivity index (χ3v) is 7.20. The molecular weight excluding hydrogens is 549 g/mol. The number of ketones is 1. The van der Waals surface area contributed by atoms with Crippen molar-refractivity contribution in [2.24, 2.45) is 11.7 Å². The minimum Gasteiger partial charge on any atom is -0.363 e. The molecule has 0 saturated carbocycles. The average molecular weight is 585 g/mol. The summed E-state index contributed by atoms with van der Waals surface area (Å²) in [6.45, 7) is 3.10. The maximum atomic E-state index is 13.7. The number of Topliss-reactive ketones (excluding diaryl/α,β-unsaturated/α-hetero) is 1. The predicted molar refractivity (Wildman–Crippen MR) is 156 cm³/mol. The van der Waals surface area contributed by atoms with Crippen molar-refractivity contribution in [3.05, 3.63) is 89.0 Å². The Labute approximate surface area is 244 Å². The van der Waals surface area contributed by atoms with Crippen molar-refractivity contribution in [1.82, 2.24) is 19.8 Å². The molecule has 0 aliphatic heterocycles. The Morgan fingerprint density at radius 2 is 1.93 bits per heavy atom. The minimum absolute atomic E-state index is 0.0124. The number of aromatic nitrogens is 2. The number of halogens is 3. The molecule has 2 aromatic carbocycles. The van der Waals surface area contributed by atoms with Gasteiger partial charge in [-0.05, 0) is 48.0 Å². The second kappa shape index (κ2) is 15.3. The number of thiocarbonyl (C=S) groups is 1. The summed E-state index contributed by atoms with van der Waals surface area (Å²) < 4.78 is 43.0. The zero-order valence-electron chi connectivity index (χ0n) is 23.0. The van der Waals surface area contributed by atoms with Gasteiger partial charge in [0, 0.05) is 57.0 Å². The Balaban J connectivity index is 1.76. The van der Waals surface area contributed by atoms with E-state index in [-0.39, 0.29) is 42.5 Å². The molecule has 0 unspecified atom stereocenters. The second-order valence-electron chi connectivity index (χ2n) is 9.87. The summed E-state index contributed by atoms with van der Waals surface area (Å²) in [5, 5.41) is 12.4. The lowest BCUT2D eigenvalue weighted by molar-refractivity contribution is -0.138. The molecule has 0 aliphatic rings.